The summed E-state index contributed by atoms with van der Waals surface area (Å²) >= 11 is 0. The number of carbonyl (C=O) groups is 1. The van der Waals surface area contributed by atoms with E-state index in [9.17, 15) is 4.79 Å². The minimum Gasteiger partial charge on any atom is -0.358 e. The summed E-state index contributed by atoms with van der Waals surface area (Å²) in [6, 6.07) is 6.54. The van der Waals surface area contributed by atoms with Gasteiger partial charge in [0, 0.05) is 25.8 Å². The molecule has 0 spiro atoms. The van der Waals surface area contributed by atoms with Gasteiger partial charge >= 0.3 is 0 Å². The normalized spacial score (nSPS) is 25.3. The molecule has 0 unspecified atom stereocenters. The number of aromatic nitrogens is 1. The summed E-state index contributed by atoms with van der Waals surface area (Å²) in [5.74, 6) is 1.30. The quantitative estimate of drug-likeness (QED) is 0.587. The van der Waals surface area contributed by atoms with Crippen LogP contribution in [0.2, 0.25) is 0 Å². The zero-order valence-electron chi connectivity index (χ0n) is 18.2. The number of hydrogen-bond donors (Lipinski definition) is 3. The van der Waals surface area contributed by atoms with Crippen LogP contribution in [0, 0.1) is 11.8 Å². The monoisotopic (exact) mass is 400 g/mol. The van der Waals surface area contributed by atoms with Gasteiger partial charge in [-0.25, -0.2) is 0 Å². The van der Waals surface area contributed by atoms with E-state index in [1.54, 1.807) is 7.05 Å². The van der Waals surface area contributed by atoms with E-state index >= 15 is 0 Å². The Morgan fingerprint density at radius 2 is 1.93 bits per heavy atom. The van der Waals surface area contributed by atoms with Crippen LogP contribution in [0.15, 0.2) is 24.4 Å². The number of nitrogens with one attached hydrogen (secondary N) is 2. The van der Waals surface area contributed by atoms with Gasteiger partial charge in [-0.05, 0) is 56.1 Å². The molecule has 29 heavy (non-hydrogen) atoms. The summed E-state index contributed by atoms with van der Waals surface area (Å²) in [4.78, 5) is 17.1. The molecule has 0 aromatic carbocycles. The minimum absolute atomic E-state index is 0.0249. The number of rotatable bonds is 9. The van der Waals surface area contributed by atoms with Gasteiger partial charge in [0.1, 0.15) is 0 Å². The van der Waals surface area contributed by atoms with Crippen LogP contribution in [0.1, 0.15) is 82.7 Å². The Bertz CT molecular complexity index is 617. The first-order valence-electron chi connectivity index (χ1n) is 11.7. The predicted molar refractivity (Wildman–Crippen MR) is 118 cm³/mol. The summed E-state index contributed by atoms with van der Waals surface area (Å²) in [5.41, 5.74) is 7.13. The molecule has 2 fully saturated rings. The van der Waals surface area contributed by atoms with Crippen molar-refractivity contribution in [1.29, 1.82) is 0 Å². The van der Waals surface area contributed by atoms with Crippen molar-refractivity contribution in [2.45, 2.75) is 95.2 Å². The van der Waals surface area contributed by atoms with Crippen LogP contribution >= 0.6 is 0 Å². The first-order chi connectivity index (χ1) is 14.1. The van der Waals surface area contributed by atoms with Crippen molar-refractivity contribution < 1.29 is 4.79 Å². The van der Waals surface area contributed by atoms with Gasteiger partial charge in [0.05, 0.1) is 11.2 Å². The number of likely N-dealkylation sites (N-methyl/N-ethyl adjacent to an activating group) is 1. The molecular weight excluding hydrogens is 360 g/mol. The molecule has 0 bridgehead atoms. The molecule has 1 aromatic rings. The number of amides is 1. The zero-order valence-corrected chi connectivity index (χ0v) is 18.2. The van der Waals surface area contributed by atoms with E-state index in [-0.39, 0.29) is 5.91 Å². The number of nitrogens with zero attached hydrogens (tertiary/aromatic N) is 1. The van der Waals surface area contributed by atoms with Crippen molar-refractivity contribution in [2.24, 2.45) is 17.6 Å². The molecule has 2 aliphatic carbocycles. The van der Waals surface area contributed by atoms with Crippen molar-refractivity contribution in [1.82, 2.24) is 15.6 Å². The molecule has 2 aliphatic rings. The largest absolute Gasteiger partial charge is 0.358 e. The van der Waals surface area contributed by atoms with Crippen LogP contribution in [0.4, 0.5) is 0 Å². The molecule has 162 valence electrons. The summed E-state index contributed by atoms with van der Waals surface area (Å²) in [6.45, 7) is 0.809. The fourth-order valence-electron chi connectivity index (χ4n) is 5.42. The van der Waals surface area contributed by atoms with Crippen molar-refractivity contribution in [2.75, 3.05) is 7.05 Å². The molecule has 1 heterocycles. The van der Waals surface area contributed by atoms with E-state index < -0.39 is 5.54 Å². The van der Waals surface area contributed by atoms with Crippen molar-refractivity contribution in [3.8, 4) is 0 Å². The summed E-state index contributed by atoms with van der Waals surface area (Å²) in [7, 11) is 1.72. The second kappa shape index (κ2) is 11.1. The highest BCUT2D eigenvalue weighted by Crippen LogP contribution is 2.35. The minimum atomic E-state index is -0.722. The Morgan fingerprint density at radius 3 is 2.66 bits per heavy atom. The Labute approximate surface area is 176 Å². The Morgan fingerprint density at radius 1 is 1.14 bits per heavy atom. The van der Waals surface area contributed by atoms with Crippen LogP contribution in [-0.2, 0) is 11.3 Å². The summed E-state index contributed by atoms with van der Waals surface area (Å²) in [5, 5.41) is 6.53. The van der Waals surface area contributed by atoms with E-state index in [1.807, 2.05) is 18.3 Å². The van der Waals surface area contributed by atoms with E-state index in [2.05, 4.69) is 21.7 Å². The van der Waals surface area contributed by atoms with Gasteiger partial charge in [-0.15, -0.1) is 0 Å². The molecule has 5 nitrogen and oxygen atoms in total. The van der Waals surface area contributed by atoms with Crippen molar-refractivity contribution in [3.63, 3.8) is 0 Å². The lowest BCUT2D eigenvalue weighted by Gasteiger charge is -2.37. The summed E-state index contributed by atoms with van der Waals surface area (Å²) < 4.78 is 0. The van der Waals surface area contributed by atoms with Crippen LogP contribution in [0.3, 0.4) is 0 Å². The maximum atomic E-state index is 12.7. The maximum Gasteiger partial charge on any atom is 0.239 e. The Balaban J connectivity index is 1.52. The van der Waals surface area contributed by atoms with E-state index in [1.165, 1.54) is 51.4 Å². The molecule has 5 heteroatoms. The fourth-order valence-corrected chi connectivity index (χ4v) is 5.42. The van der Waals surface area contributed by atoms with E-state index in [0.717, 1.165) is 43.8 Å². The Hall–Kier alpha value is -1.46. The first-order valence-corrected chi connectivity index (χ1v) is 11.7. The van der Waals surface area contributed by atoms with Gasteiger partial charge in [0.2, 0.25) is 5.91 Å². The molecule has 3 rings (SSSR count). The Kier molecular flexibility index (Phi) is 8.49. The maximum absolute atomic E-state index is 12.7. The van der Waals surface area contributed by atoms with Gasteiger partial charge in [-0.1, -0.05) is 51.0 Å². The van der Waals surface area contributed by atoms with Gasteiger partial charge < -0.3 is 16.4 Å². The standard InChI is InChI=1S/C24H40N4O/c1-26-23(29)24(25,14-13-19-8-3-2-4-9-19)17-20-10-7-12-21(16-20)28-18-22-11-5-6-15-27-22/h5-6,11,15,19-21,28H,2-4,7-10,12-14,16-18,25H2,1H3,(H,26,29)/t20-,21+,24+/m0/s1. The molecule has 2 saturated carbocycles. The highest BCUT2D eigenvalue weighted by Gasteiger charge is 2.37. The number of hydrogen-bond acceptors (Lipinski definition) is 4. The lowest BCUT2D eigenvalue weighted by atomic mass is 9.74. The molecule has 0 radical (unpaired) electrons. The molecule has 3 atom stereocenters. The lowest BCUT2D eigenvalue weighted by Crippen LogP contribution is -2.55. The van der Waals surface area contributed by atoms with Crippen LogP contribution in [0.5, 0.6) is 0 Å². The number of pyridine rings is 1. The third-order valence-electron chi connectivity index (χ3n) is 7.14. The summed E-state index contributed by atoms with van der Waals surface area (Å²) in [6.07, 6.45) is 15.9. The van der Waals surface area contributed by atoms with E-state index in [4.69, 9.17) is 5.73 Å². The first kappa shape index (κ1) is 22.2. The van der Waals surface area contributed by atoms with Gasteiger partial charge in [0.15, 0.2) is 0 Å². The second-order valence-corrected chi connectivity index (χ2v) is 9.41. The molecular formula is C24H40N4O. The topological polar surface area (TPSA) is 80.0 Å². The van der Waals surface area contributed by atoms with Gasteiger partial charge in [-0.2, -0.15) is 0 Å². The second-order valence-electron chi connectivity index (χ2n) is 9.41. The highest BCUT2D eigenvalue weighted by atomic mass is 16.2. The van der Waals surface area contributed by atoms with Crippen LogP contribution in [-0.4, -0.2) is 29.5 Å². The van der Waals surface area contributed by atoms with Crippen molar-refractivity contribution >= 4 is 5.91 Å². The van der Waals surface area contributed by atoms with Crippen LogP contribution in [0.25, 0.3) is 0 Å². The van der Waals surface area contributed by atoms with Crippen LogP contribution < -0.4 is 16.4 Å². The average Bonchev–Trinajstić information content (AvgIpc) is 2.77. The number of carbonyl (C=O) groups excluding carboxylic acids is 1. The van der Waals surface area contributed by atoms with Crippen molar-refractivity contribution in [3.05, 3.63) is 30.1 Å². The molecule has 4 N–H and O–H groups in total. The smallest absolute Gasteiger partial charge is 0.239 e. The zero-order chi connectivity index (χ0) is 20.5. The number of nitrogens with two attached hydrogens (primary N) is 1. The predicted octanol–water partition coefficient (Wildman–Crippen LogP) is 3.92. The van der Waals surface area contributed by atoms with Gasteiger partial charge in [-0.3, -0.25) is 9.78 Å². The SMILES string of the molecule is CNC(=O)[C@@](N)(CCC1CCCCC1)C[C@H]1CCC[C@@H](NCc2ccccn2)C1. The van der Waals surface area contributed by atoms with E-state index in [0.29, 0.717) is 12.0 Å². The molecule has 1 amide bonds. The fraction of sp³-hybridized carbons (Fsp3) is 0.750. The average molecular weight is 401 g/mol. The highest BCUT2D eigenvalue weighted by molar-refractivity contribution is 5.85. The lowest BCUT2D eigenvalue weighted by molar-refractivity contribution is -0.127. The van der Waals surface area contributed by atoms with Gasteiger partial charge in [0.25, 0.3) is 0 Å². The molecule has 0 aliphatic heterocycles. The molecule has 1 aromatic heterocycles. The third kappa shape index (κ3) is 6.78. The molecule has 0 saturated heterocycles. The third-order valence-corrected chi connectivity index (χ3v) is 7.14.